The van der Waals surface area contributed by atoms with Crippen LogP contribution in [0, 0.1) is 0 Å². The fraction of sp³-hybridized carbons (Fsp3) is 0.357. The van der Waals surface area contributed by atoms with E-state index in [0.29, 0.717) is 16.8 Å². The second-order valence-corrected chi connectivity index (χ2v) is 4.62. The Balaban J connectivity index is 2.55. The first-order chi connectivity index (χ1) is 8.91. The Morgan fingerprint density at radius 3 is 2.63 bits per heavy atom. The summed E-state index contributed by atoms with van der Waals surface area (Å²) in [6.45, 7) is 4.83. The smallest absolute Gasteiger partial charge is 0.326 e. The number of esters is 1. The van der Waals surface area contributed by atoms with Gasteiger partial charge < -0.3 is 10.1 Å². The van der Waals surface area contributed by atoms with Gasteiger partial charge in [0, 0.05) is 16.8 Å². The Labute approximate surface area is 110 Å². The number of nitrogens with one attached hydrogen (secondary N) is 1. The lowest BCUT2D eigenvalue weighted by atomic mass is 9.83. The van der Waals surface area contributed by atoms with Crippen LogP contribution in [-0.4, -0.2) is 24.3 Å². The molecule has 5 heteroatoms. The van der Waals surface area contributed by atoms with E-state index in [4.69, 9.17) is 4.74 Å². The van der Waals surface area contributed by atoms with Crippen molar-refractivity contribution in [2.24, 2.45) is 0 Å². The maximum absolute atomic E-state index is 12.1. The quantitative estimate of drug-likeness (QED) is 0.510. The van der Waals surface area contributed by atoms with Crippen molar-refractivity contribution < 1.29 is 19.1 Å². The molecule has 0 aliphatic carbocycles. The van der Waals surface area contributed by atoms with Crippen molar-refractivity contribution in [2.45, 2.75) is 26.2 Å². The van der Waals surface area contributed by atoms with Crippen LogP contribution in [0.15, 0.2) is 18.2 Å². The van der Waals surface area contributed by atoms with E-state index in [0.717, 1.165) is 0 Å². The summed E-state index contributed by atoms with van der Waals surface area (Å²) in [6.07, 6.45) is 0. The van der Waals surface area contributed by atoms with Gasteiger partial charge in [-0.2, -0.15) is 0 Å². The minimum absolute atomic E-state index is 0.117. The zero-order valence-electron chi connectivity index (χ0n) is 11.1. The molecule has 0 aromatic heterocycles. The van der Waals surface area contributed by atoms with Crippen LogP contribution in [0.1, 0.15) is 36.7 Å². The minimum Gasteiger partial charge on any atom is -0.465 e. The highest BCUT2D eigenvalue weighted by Crippen LogP contribution is 2.39. The molecule has 1 aromatic carbocycles. The molecule has 1 aliphatic heterocycles. The molecule has 1 N–H and O–H groups in total. The lowest BCUT2D eigenvalue weighted by Crippen LogP contribution is -2.40. The highest BCUT2D eigenvalue weighted by atomic mass is 16.5. The summed E-state index contributed by atoms with van der Waals surface area (Å²) >= 11 is 0. The van der Waals surface area contributed by atoms with Crippen molar-refractivity contribution in [1.29, 1.82) is 0 Å². The minimum atomic E-state index is -1.39. The van der Waals surface area contributed by atoms with Gasteiger partial charge in [-0.15, -0.1) is 0 Å². The average Bonchev–Trinajstić information content (AvgIpc) is 2.62. The van der Waals surface area contributed by atoms with Crippen molar-refractivity contribution >= 4 is 23.3 Å². The molecule has 1 aliphatic rings. The van der Waals surface area contributed by atoms with Crippen LogP contribution in [0.25, 0.3) is 0 Å². The number of ether oxygens (including phenoxy) is 1. The van der Waals surface area contributed by atoms with Crippen LogP contribution in [0.4, 0.5) is 5.69 Å². The van der Waals surface area contributed by atoms with Gasteiger partial charge in [0.15, 0.2) is 11.2 Å². The van der Waals surface area contributed by atoms with E-state index < -0.39 is 17.3 Å². The van der Waals surface area contributed by atoms with Crippen LogP contribution >= 0.6 is 0 Å². The standard InChI is InChI=1S/C14H15NO4/c1-4-19-13(18)14(3)10-7-9(8(2)16)5-6-11(10)15-12(14)17/h5-7H,4H2,1-3H3,(H,15,17). The molecule has 1 atom stereocenters. The number of carbonyl (C=O) groups excluding carboxylic acids is 3. The Bertz CT molecular complexity index is 579. The highest BCUT2D eigenvalue weighted by molar-refractivity contribution is 6.19. The van der Waals surface area contributed by atoms with E-state index in [9.17, 15) is 14.4 Å². The summed E-state index contributed by atoms with van der Waals surface area (Å²) in [5.41, 5.74) is 0.108. The van der Waals surface area contributed by atoms with Crippen molar-refractivity contribution in [3.05, 3.63) is 29.3 Å². The molecule has 0 radical (unpaired) electrons. The number of Topliss-reactive ketones (excluding diaryl/α,β-unsaturated/α-hetero) is 1. The largest absolute Gasteiger partial charge is 0.465 e. The van der Waals surface area contributed by atoms with E-state index in [2.05, 4.69) is 5.32 Å². The summed E-state index contributed by atoms with van der Waals surface area (Å²) in [6, 6.07) is 4.83. The lowest BCUT2D eigenvalue weighted by molar-refractivity contribution is -0.152. The molecule has 2 rings (SSSR count). The van der Waals surface area contributed by atoms with Gasteiger partial charge in [0.05, 0.1) is 6.61 Å². The first-order valence-electron chi connectivity index (χ1n) is 6.05. The Hall–Kier alpha value is -2.17. The number of amides is 1. The number of carbonyl (C=O) groups is 3. The first-order valence-corrected chi connectivity index (χ1v) is 6.05. The molecule has 1 amide bonds. The zero-order valence-corrected chi connectivity index (χ0v) is 11.1. The van der Waals surface area contributed by atoms with Crippen molar-refractivity contribution in [3.8, 4) is 0 Å². The normalized spacial score (nSPS) is 20.7. The average molecular weight is 261 g/mol. The predicted octanol–water partition coefficient (Wildman–Crippen LogP) is 1.66. The van der Waals surface area contributed by atoms with E-state index in [1.807, 2.05) is 0 Å². The SMILES string of the molecule is CCOC(=O)C1(C)C(=O)Nc2ccc(C(C)=O)cc21. The van der Waals surface area contributed by atoms with Crippen LogP contribution in [0.2, 0.25) is 0 Å². The Morgan fingerprint density at radius 1 is 1.37 bits per heavy atom. The van der Waals surface area contributed by atoms with Gasteiger partial charge in [-0.3, -0.25) is 14.4 Å². The van der Waals surface area contributed by atoms with Crippen LogP contribution < -0.4 is 5.32 Å². The lowest BCUT2D eigenvalue weighted by Gasteiger charge is -2.20. The zero-order chi connectivity index (χ0) is 14.2. The molecule has 5 nitrogen and oxygen atoms in total. The van der Waals surface area contributed by atoms with Crippen molar-refractivity contribution in [3.63, 3.8) is 0 Å². The number of hydrogen-bond donors (Lipinski definition) is 1. The number of ketones is 1. The van der Waals surface area contributed by atoms with E-state index in [1.165, 1.54) is 13.8 Å². The van der Waals surface area contributed by atoms with Crippen molar-refractivity contribution in [1.82, 2.24) is 0 Å². The van der Waals surface area contributed by atoms with Gasteiger partial charge in [-0.1, -0.05) is 0 Å². The number of hydrogen-bond acceptors (Lipinski definition) is 4. The summed E-state index contributed by atoms with van der Waals surface area (Å²) in [4.78, 5) is 35.5. The molecule has 0 bridgehead atoms. The highest BCUT2D eigenvalue weighted by Gasteiger charge is 2.50. The Morgan fingerprint density at radius 2 is 2.05 bits per heavy atom. The first kappa shape index (κ1) is 13.3. The molecule has 0 saturated heterocycles. The van der Waals surface area contributed by atoms with Gasteiger partial charge in [0.1, 0.15) is 0 Å². The molecule has 1 aromatic rings. The Kier molecular flexibility index (Phi) is 3.14. The van der Waals surface area contributed by atoms with Gasteiger partial charge >= 0.3 is 5.97 Å². The molecular weight excluding hydrogens is 246 g/mol. The van der Waals surface area contributed by atoms with Gasteiger partial charge in [-0.05, 0) is 39.0 Å². The maximum atomic E-state index is 12.1. The topological polar surface area (TPSA) is 72.5 Å². The van der Waals surface area contributed by atoms with Gasteiger partial charge in [0.25, 0.3) is 0 Å². The predicted molar refractivity (Wildman–Crippen MR) is 69.1 cm³/mol. The molecule has 0 spiro atoms. The molecule has 0 fully saturated rings. The molecule has 1 heterocycles. The second-order valence-electron chi connectivity index (χ2n) is 4.62. The van der Waals surface area contributed by atoms with Crippen LogP contribution in [0.5, 0.6) is 0 Å². The fourth-order valence-electron chi connectivity index (χ4n) is 2.13. The van der Waals surface area contributed by atoms with Crippen LogP contribution in [-0.2, 0) is 19.7 Å². The third-order valence-electron chi connectivity index (χ3n) is 3.35. The summed E-state index contributed by atoms with van der Waals surface area (Å²) in [5.74, 6) is -1.15. The number of anilines is 1. The molecular formula is C14H15NO4. The molecule has 19 heavy (non-hydrogen) atoms. The van der Waals surface area contributed by atoms with Gasteiger partial charge in [0.2, 0.25) is 5.91 Å². The number of rotatable bonds is 3. The molecule has 1 unspecified atom stereocenters. The van der Waals surface area contributed by atoms with E-state index in [1.54, 1.807) is 25.1 Å². The maximum Gasteiger partial charge on any atom is 0.326 e. The third-order valence-corrected chi connectivity index (χ3v) is 3.35. The fourth-order valence-corrected chi connectivity index (χ4v) is 2.13. The van der Waals surface area contributed by atoms with Crippen molar-refractivity contribution in [2.75, 3.05) is 11.9 Å². The third kappa shape index (κ3) is 1.91. The summed E-state index contributed by atoms with van der Waals surface area (Å²) in [5, 5.41) is 2.64. The number of benzene rings is 1. The molecule has 0 saturated carbocycles. The number of fused-ring (bicyclic) bond motifs is 1. The molecule has 100 valence electrons. The van der Waals surface area contributed by atoms with Gasteiger partial charge in [-0.25, -0.2) is 0 Å². The summed E-state index contributed by atoms with van der Waals surface area (Å²) < 4.78 is 4.97. The monoisotopic (exact) mass is 261 g/mol. The summed E-state index contributed by atoms with van der Waals surface area (Å²) in [7, 11) is 0. The second kappa shape index (κ2) is 4.50. The van der Waals surface area contributed by atoms with Crippen LogP contribution in [0.3, 0.4) is 0 Å². The van der Waals surface area contributed by atoms with E-state index in [-0.39, 0.29) is 12.4 Å². The van der Waals surface area contributed by atoms with E-state index >= 15 is 0 Å².